The van der Waals surface area contributed by atoms with E-state index in [0.29, 0.717) is 0 Å². The zero-order chi connectivity index (χ0) is 34.3. The molecule has 0 spiro atoms. The number of aromatic nitrogens is 1. The molecule has 0 N–H and O–H groups in total. The first-order valence-electron chi connectivity index (χ1n) is 18.1. The molecular weight excluding hydrogens is 615 g/mol. The van der Waals surface area contributed by atoms with Crippen molar-refractivity contribution in [2.45, 2.75) is 26.2 Å². The van der Waals surface area contributed by atoms with Gasteiger partial charge in [-0.1, -0.05) is 171 Å². The fourth-order valence-electron chi connectivity index (χ4n) is 8.33. The lowest BCUT2D eigenvalue weighted by Gasteiger charge is -2.26. The third kappa shape index (κ3) is 5.25. The van der Waals surface area contributed by atoms with Gasteiger partial charge in [-0.3, -0.25) is 0 Å². The van der Waals surface area contributed by atoms with Gasteiger partial charge >= 0.3 is 0 Å². The van der Waals surface area contributed by atoms with Crippen LogP contribution in [0.1, 0.15) is 36.0 Å². The van der Waals surface area contributed by atoms with Gasteiger partial charge in [-0.25, -0.2) is 0 Å². The highest BCUT2D eigenvalue weighted by Gasteiger charge is 2.28. The Balaban J connectivity index is 1.46. The zero-order valence-corrected chi connectivity index (χ0v) is 29.1. The molecule has 1 heterocycles. The maximum Gasteiger partial charge on any atom is 0.0591 e. The molecule has 8 aromatic carbocycles. The third-order valence-electron chi connectivity index (χ3n) is 10.6. The summed E-state index contributed by atoms with van der Waals surface area (Å²) >= 11 is 0. The summed E-state index contributed by atoms with van der Waals surface area (Å²) in [7, 11) is 0. The maximum atomic E-state index is 2.56. The Morgan fingerprint density at radius 2 is 1.06 bits per heavy atom. The highest BCUT2D eigenvalue weighted by atomic mass is 15.0. The lowest BCUT2D eigenvalue weighted by Crippen LogP contribution is -2.08. The molecule has 0 aliphatic heterocycles. The highest BCUT2D eigenvalue weighted by Crippen LogP contribution is 2.50. The number of para-hydroxylation sites is 1. The van der Waals surface area contributed by atoms with E-state index in [-0.39, 0.29) is 5.92 Å². The van der Waals surface area contributed by atoms with Gasteiger partial charge in [0.1, 0.15) is 0 Å². The Hall–Kier alpha value is -6.18. The van der Waals surface area contributed by atoms with Gasteiger partial charge < -0.3 is 4.57 Å². The molecule has 0 aliphatic carbocycles. The second-order valence-electron chi connectivity index (χ2n) is 13.6. The van der Waals surface area contributed by atoms with Crippen molar-refractivity contribution in [3.63, 3.8) is 0 Å². The van der Waals surface area contributed by atoms with Crippen molar-refractivity contribution in [2.75, 3.05) is 0 Å². The van der Waals surface area contributed by atoms with Crippen molar-refractivity contribution in [2.24, 2.45) is 0 Å². The van der Waals surface area contributed by atoms with E-state index in [2.05, 4.69) is 200 Å². The average molecular weight is 654 g/mol. The highest BCUT2D eigenvalue weighted by molar-refractivity contribution is 6.26. The van der Waals surface area contributed by atoms with Crippen LogP contribution in [-0.4, -0.2) is 4.57 Å². The van der Waals surface area contributed by atoms with E-state index in [9.17, 15) is 0 Å². The van der Waals surface area contributed by atoms with Gasteiger partial charge in [-0.2, -0.15) is 0 Å². The molecule has 0 saturated carbocycles. The molecule has 1 nitrogen and oxygen atoms in total. The number of aryl methyl sites for hydroxylation is 1. The van der Waals surface area contributed by atoms with Gasteiger partial charge in [0.25, 0.3) is 0 Å². The topological polar surface area (TPSA) is 4.93 Å². The summed E-state index contributed by atoms with van der Waals surface area (Å²) in [5, 5.41) is 5.18. The summed E-state index contributed by atoms with van der Waals surface area (Å²) < 4.78 is 2.56. The molecule has 1 atom stereocenters. The molecule has 244 valence electrons. The Morgan fingerprint density at radius 1 is 0.490 bits per heavy atom. The quantitative estimate of drug-likeness (QED) is 0.161. The van der Waals surface area contributed by atoms with Crippen LogP contribution in [0.3, 0.4) is 0 Å². The number of rotatable bonds is 7. The van der Waals surface area contributed by atoms with Gasteiger partial charge in [-0.15, -0.1) is 0 Å². The summed E-state index contributed by atoms with van der Waals surface area (Å²) in [6.07, 6.45) is 0.955. The molecule has 1 heteroatoms. The molecule has 9 aromatic rings. The minimum Gasteiger partial charge on any atom is -0.309 e. The molecule has 9 rings (SSSR count). The third-order valence-corrected chi connectivity index (χ3v) is 10.6. The Labute approximate surface area is 300 Å². The van der Waals surface area contributed by atoms with Crippen molar-refractivity contribution < 1.29 is 0 Å². The van der Waals surface area contributed by atoms with Crippen molar-refractivity contribution >= 4 is 32.6 Å². The molecule has 51 heavy (non-hydrogen) atoms. The fourth-order valence-corrected chi connectivity index (χ4v) is 8.33. The van der Waals surface area contributed by atoms with Crippen LogP contribution in [0.2, 0.25) is 0 Å². The van der Waals surface area contributed by atoms with Gasteiger partial charge in [0.05, 0.1) is 11.0 Å². The number of benzene rings is 8. The van der Waals surface area contributed by atoms with Crippen molar-refractivity contribution in [1.82, 2.24) is 4.57 Å². The van der Waals surface area contributed by atoms with E-state index in [1.54, 1.807) is 0 Å². The Kier molecular flexibility index (Phi) is 7.82. The molecule has 0 saturated heterocycles. The van der Waals surface area contributed by atoms with Crippen molar-refractivity contribution in [3.05, 3.63) is 199 Å². The lowest BCUT2D eigenvalue weighted by molar-refractivity contribution is 0.783. The molecule has 0 fully saturated rings. The first kappa shape index (κ1) is 30.8. The maximum absolute atomic E-state index is 2.56. The van der Waals surface area contributed by atoms with Crippen LogP contribution in [0.15, 0.2) is 182 Å². The molecule has 0 bridgehead atoms. The summed E-state index contributed by atoms with van der Waals surface area (Å²) in [4.78, 5) is 0. The first-order chi connectivity index (χ1) is 25.2. The molecular formula is C50H39N. The predicted octanol–water partition coefficient (Wildman–Crippen LogP) is 13.8. The van der Waals surface area contributed by atoms with E-state index >= 15 is 0 Å². The molecule has 0 unspecified atom stereocenters. The summed E-state index contributed by atoms with van der Waals surface area (Å²) in [5.41, 5.74) is 15.2. The van der Waals surface area contributed by atoms with Crippen LogP contribution >= 0.6 is 0 Å². The van der Waals surface area contributed by atoms with E-state index in [1.807, 2.05) is 0 Å². The van der Waals surface area contributed by atoms with E-state index in [0.717, 1.165) is 6.42 Å². The van der Waals surface area contributed by atoms with E-state index in [4.69, 9.17) is 0 Å². The normalized spacial score (nSPS) is 12.1. The van der Waals surface area contributed by atoms with Crippen LogP contribution in [-0.2, 0) is 0 Å². The van der Waals surface area contributed by atoms with Gasteiger partial charge in [0.2, 0.25) is 0 Å². The van der Waals surface area contributed by atoms with Gasteiger partial charge in [0.15, 0.2) is 0 Å². The Bertz CT molecular complexity index is 2680. The number of nitrogens with zero attached hydrogens (tertiary/aromatic N) is 1. The van der Waals surface area contributed by atoms with Crippen LogP contribution in [0.5, 0.6) is 0 Å². The molecule has 0 aliphatic rings. The minimum atomic E-state index is 0.135. The second kappa shape index (κ2) is 12.9. The Morgan fingerprint density at radius 3 is 1.76 bits per heavy atom. The molecule has 1 aromatic heterocycles. The average Bonchev–Trinajstić information content (AvgIpc) is 3.55. The van der Waals surface area contributed by atoms with Crippen molar-refractivity contribution in [1.29, 1.82) is 0 Å². The number of fused-ring (bicyclic) bond motifs is 5. The van der Waals surface area contributed by atoms with Crippen LogP contribution < -0.4 is 0 Å². The van der Waals surface area contributed by atoms with Crippen LogP contribution in [0.4, 0.5) is 0 Å². The van der Waals surface area contributed by atoms with E-state index in [1.165, 1.54) is 88.3 Å². The lowest BCUT2D eigenvalue weighted by atomic mass is 9.79. The van der Waals surface area contributed by atoms with Gasteiger partial charge in [-0.05, 0) is 92.4 Å². The molecule has 0 radical (unpaired) electrons. The molecule has 0 amide bonds. The SMILES string of the molecule is CC[C@@H](c1cccc(-c2ccccc2)c1)c1c(-c2ccccc2C)c2ccccc2c2c3ccccc3n(-c3cccc(-c4ccccc4)c3)c12. The monoisotopic (exact) mass is 653 g/mol. The minimum absolute atomic E-state index is 0.135. The smallest absolute Gasteiger partial charge is 0.0591 e. The van der Waals surface area contributed by atoms with E-state index < -0.39 is 0 Å². The van der Waals surface area contributed by atoms with Crippen LogP contribution in [0.25, 0.3) is 71.6 Å². The largest absolute Gasteiger partial charge is 0.309 e. The van der Waals surface area contributed by atoms with Gasteiger partial charge in [0, 0.05) is 22.4 Å². The predicted molar refractivity (Wildman–Crippen MR) is 218 cm³/mol. The number of hydrogen-bond acceptors (Lipinski definition) is 0. The van der Waals surface area contributed by atoms with Crippen molar-refractivity contribution in [3.8, 4) is 39.1 Å². The summed E-state index contributed by atoms with van der Waals surface area (Å²) in [6.45, 7) is 4.61. The second-order valence-corrected chi connectivity index (χ2v) is 13.6. The fraction of sp³-hybridized carbons (Fsp3) is 0.0800. The standard InChI is InChI=1S/C50H39N/c1-3-41(39-25-16-23-37(32-39)35-19-6-4-7-20-35)49-47(42-27-11-10-18-34(42)2)43-28-12-13-29-44(43)48-45-30-14-15-31-46(45)51(50(48)49)40-26-17-24-38(33-40)36-21-8-5-9-22-36/h4-33,41H,3H2,1-2H3/t41-/m0/s1. The van der Waals surface area contributed by atoms with Crippen LogP contribution in [0, 0.1) is 6.92 Å². The summed E-state index contributed by atoms with van der Waals surface area (Å²) in [6, 6.07) is 66.8. The number of hydrogen-bond donors (Lipinski definition) is 0. The summed E-state index contributed by atoms with van der Waals surface area (Å²) in [5.74, 6) is 0.135. The first-order valence-corrected chi connectivity index (χ1v) is 18.1. The zero-order valence-electron chi connectivity index (χ0n) is 29.1.